The van der Waals surface area contributed by atoms with Crippen molar-refractivity contribution in [2.45, 2.75) is 43.9 Å². The van der Waals surface area contributed by atoms with Gasteiger partial charge in [-0.1, -0.05) is 0 Å². The number of carbonyl (C=O) groups is 1. The van der Waals surface area contributed by atoms with Crippen molar-refractivity contribution in [2.75, 3.05) is 31.9 Å². The predicted molar refractivity (Wildman–Crippen MR) is 77.1 cm³/mol. The van der Waals surface area contributed by atoms with E-state index >= 15 is 0 Å². The SMILES string of the molecule is CC(=O)N1CCS(=O)(=O)[C@@H]2CCN(CC3CC3)CC[C@@H]21. The summed E-state index contributed by atoms with van der Waals surface area (Å²) in [6.07, 6.45) is 4.13. The molecule has 3 aliphatic rings. The van der Waals surface area contributed by atoms with Crippen LogP contribution < -0.4 is 0 Å². The second kappa shape index (κ2) is 5.30. The molecule has 1 amide bonds. The first-order chi connectivity index (χ1) is 9.47. The van der Waals surface area contributed by atoms with Crippen molar-refractivity contribution < 1.29 is 13.2 Å². The molecule has 5 nitrogen and oxygen atoms in total. The maximum absolute atomic E-state index is 12.3. The normalized spacial score (nSPS) is 34.4. The topological polar surface area (TPSA) is 57.7 Å². The molecule has 0 bridgehead atoms. The van der Waals surface area contributed by atoms with Crippen LogP contribution in [0.5, 0.6) is 0 Å². The summed E-state index contributed by atoms with van der Waals surface area (Å²) in [5, 5.41) is -0.343. The minimum Gasteiger partial charge on any atom is -0.338 e. The summed E-state index contributed by atoms with van der Waals surface area (Å²) in [5.41, 5.74) is 0. The van der Waals surface area contributed by atoms with Gasteiger partial charge in [0.2, 0.25) is 5.91 Å². The number of hydrogen-bond acceptors (Lipinski definition) is 4. The molecule has 20 heavy (non-hydrogen) atoms. The number of sulfone groups is 1. The van der Waals surface area contributed by atoms with E-state index in [-0.39, 0.29) is 23.0 Å². The molecule has 2 saturated heterocycles. The van der Waals surface area contributed by atoms with Gasteiger partial charge in [0, 0.05) is 32.6 Å². The van der Waals surface area contributed by atoms with E-state index in [1.54, 1.807) is 11.8 Å². The van der Waals surface area contributed by atoms with Gasteiger partial charge in [-0.25, -0.2) is 8.42 Å². The molecule has 0 aromatic rings. The van der Waals surface area contributed by atoms with Crippen LogP contribution in [0.2, 0.25) is 0 Å². The zero-order valence-electron chi connectivity index (χ0n) is 12.1. The molecule has 1 aliphatic carbocycles. The Morgan fingerprint density at radius 1 is 1.10 bits per heavy atom. The van der Waals surface area contributed by atoms with Gasteiger partial charge < -0.3 is 9.80 Å². The Hall–Kier alpha value is -0.620. The number of amides is 1. The highest BCUT2D eigenvalue weighted by molar-refractivity contribution is 7.92. The first-order valence-corrected chi connectivity index (χ1v) is 9.40. The minimum atomic E-state index is -3.03. The zero-order valence-corrected chi connectivity index (χ0v) is 12.9. The van der Waals surface area contributed by atoms with E-state index in [1.165, 1.54) is 12.8 Å². The third-order valence-electron chi connectivity index (χ3n) is 5.00. The number of likely N-dealkylation sites (tertiary alicyclic amines) is 1. The molecule has 0 unspecified atom stereocenters. The van der Waals surface area contributed by atoms with Gasteiger partial charge in [-0.15, -0.1) is 0 Å². The van der Waals surface area contributed by atoms with Gasteiger partial charge in [0.25, 0.3) is 0 Å². The molecule has 3 rings (SSSR count). The summed E-state index contributed by atoms with van der Waals surface area (Å²) < 4.78 is 24.6. The average Bonchev–Trinajstić information content (AvgIpc) is 3.17. The van der Waals surface area contributed by atoms with Gasteiger partial charge in [0.15, 0.2) is 9.84 Å². The highest BCUT2D eigenvalue weighted by Crippen LogP contribution is 2.32. The number of rotatable bonds is 2. The molecule has 0 spiro atoms. The van der Waals surface area contributed by atoms with Crippen LogP contribution in [-0.4, -0.2) is 67.3 Å². The van der Waals surface area contributed by atoms with Crippen LogP contribution in [0.15, 0.2) is 0 Å². The van der Waals surface area contributed by atoms with Gasteiger partial charge in [-0.3, -0.25) is 4.79 Å². The fraction of sp³-hybridized carbons (Fsp3) is 0.929. The van der Waals surface area contributed by atoms with Crippen molar-refractivity contribution in [3.63, 3.8) is 0 Å². The third kappa shape index (κ3) is 2.86. The molecule has 3 fully saturated rings. The Morgan fingerprint density at radius 3 is 2.45 bits per heavy atom. The van der Waals surface area contributed by atoms with Crippen LogP contribution in [-0.2, 0) is 14.6 Å². The molecule has 2 aliphatic heterocycles. The van der Waals surface area contributed by atoms with Crippen LogP contribution >= 0.6 is 0 Å². The quantitative estimate of drug-likeness (QED) is 0.745. The van der Waals surface area contributed by atoms with Gasteiger partial charge in [-0.2, -0.15) is 0 Å². The Labute approximate surface area is 121 Å². The van der Waals surface area contributed by atoms with Crippen molar-refractivity contribution in [1.29, 1.82) is 0 Å². The van der Waals surface area contributed by atoms with Crippen LogP contribution in [0.3, 0.4) is 0 Å². The number of carbonyl (C=O) groups excluding carboxylic acids is 1. The maximum atomic E-state index is 12.3. The lowest BCUT2D eigenvalue weighted by Gasteiger charge is -2.39. The summed E-state index contributed by atoms with van der Waals surface area (Å²) in [6, 6.07) is -0.101. The van der Waals surface area contributed by atoms with E-state index < -0.39 is 9.84 Å². The van der Waals surface area contributed by atoms with Gasteiger partial charge in [-0.05, 0) is 38.1 Å². The van der Waals surface area contributed by atoms with Gasteiger partial charge >= 0.3 is 0 Å². The molecule has 0 aromatic carbocycles. The summed E-state index contributed by atoms with van der Waals surface area (Å²) in [5.74, 6) is 0.984. The van der Waals surface area contributed by atoms with E-state index in [0.717, 1.165) is 32.0 Å². The van der Waals surface area contributed by atoms with E-state index in [2.05, 4.69) is 4.90 Å². The van der Waals surface area contributed by atoms with Crippen LogP contribution in [0, 0.1) is 5.92 Å². The van der Waals surface area contributed by atoms with E-state index in [9.17, 15) is 13.2 Å². The second-order valence-corrected chi connectivity index (χ2v) is 8.85. The molecular formula is C14H24N2O3S. The third-order valence-corrected chi connectivity index (χ3v) is 7.22. The smallest absolute Gasteiger partial charge is 0.219 e. The lowest BCUT2D eigenvalue weighted by Crippen LogP contribution is -2.56. The Kier molecular flexibility index (Phi) is 3.79. The molecular weight excluding hydrogens is 276 g/mol. The summed E-state index contributed by atoms with van der Waals surface area (Å²) >= 11 is 0. The minimum absolute atomic E-state index is 0.0190. The second-order valence-electron chi connectivity index (χ2n) is 6.51. The molecule has 1 saturated carbocycles. The highest BCUT2D eigenvalue weighted by Gasteiger charge is 2.43. The molecule has 114 valence electrons. The lowest BCUT2D eigenvalue weighted by molar-refractivity contribution is -0.131. The van der Waals surface area contributed by atoms with Crippen LogP contribution in [0.1, 0.15) is 32.6 Å². The first kappa shape index (κ1) is 14.3. The van der Waals surface area contributed by atoms with Gasteiger partial charge in [0.1, 0.15) is 0 Å². The maximum Gasteiger partial charge on any atom is 0.219 e. The van der Waals surface area contributed by atoms with E-state index in [4.69, 9.17) is 0 Å². The van der Waals surface area contributed by atoms with E-state index in [1.807, 2.05) is 0 Å². The van der Waals surface area contributed by atoms with Crippen molar-refractivity contribution >= 4 is 15.7 Å². The number of hydrogen-bond donors (Lipinski definition) is 0. The van der Waals surface area contributed by atoms with Crippen molar-refractivity contribution in [3.8, 4) is 0 Å². The van der Waals surface area contributed by atoms with Gasteiger partial charge in [0.05, 0.1) is 11.0 Å². The van der Waals surface area contributed by atoms with Crippen molar-refractivity contribution in [1.82, 2.24) is 9.80 Å². The lowest BCUT2D eigenvalue weighted by atomic mass is 10.1. The first-order valence-electron chi connectivity index (χ1n) is 7.68. The molecule has 6 heteroatoms. The number of nitrogens with zero attached hydrogens (tertiary/aromatic N) is 2. The van der Waals surface area contributed by atoms with E-state index in [0.29, 0.717) is 13.0 Å². The fourth-order valence-corrected chi connectivity index (χ4v) is 5.65. The Morgan fingerprint density at radius 2 is 1.80 bits per heavy atom. The van der Waals surface area contributed by atoms with Crippen LogP contribution in [0.25, 0.3) is 0 Å². The standard InChI is InChI=1S/C14H24N2O3S/c1-11(17)16-8-9-20(18,19)14-5-7-15(6-4-13(14)16)10-12-2-3-12/h12-14H,2-10H2,1H3/t13-,14+/m0/s1. The molecule has 0 N–H and O–H groups in total. The Balaban J connectivity index is 1.76. The largest absolute Gasteiger partial charge is 0.338 e. The molecule has 0 radical (unpaired) electrons. The zero-order chi connectivity index (χ0) is 14.3. The van der Waals surface area contributed by atoms with Crippen molar-refractivity contribution in [3.05, 3.63) is 0 Å². The molecule has 2 heterocycles. The van der Waals surface area contributed by atoms with Crippen molar-refractivity contribution in [2.24, 2.45) is 5.92 Å². The summed E-state index contributed by atoms with van der Waals surface area (Å²) in [6.45, 7) is 4.84. The Bertz CT molecular complexity index is 487. The molecule has 2 atom stereocenters. The predicted octanol–water partition coefficient (Wildman–Crippen LogP) is 0.506. The fourth-order valence-electron chi connectivity index (χ4n) is 3.67. The summed E-state index contributed by atoms with van der Waals surface area (Å²) in [4.78, 5) is 16.0. The van der Waals surface area contributed by atoms with Crippen LogP contribution in [0.4, 0.5) is 0 Å². The highest BCUT2D eigenvalue weighted by atomic mass is 32.2. The average molecular weight is 300 g/mol. The summed E-state index contributed by atoms with van der Waals surface area (Å²) in [7, 11) is -3.03. The number of fused-ring (bicyclic) bond motifs is 1. The monoisotopic (exact) mass is 300 g/mol. The molecule has 0 aromatic heterocycles.